The zero-order chi connectivity index (χ0) is 14.9. The maximum Gasteiger partial charge on any atom is 0.183 e. The standard InChI is InChI=1S/C14H13F2NO2S/c1-9-13(17)6-3-7-14(9)20(18,19)8-10-11(15)4-2-5-12(10)16/h2-7H,8,17H2,1H3. The summed E-state index contributed by atoms with van der Waals surface area (Å²) < 4.78 is 51.7. The van der Waals surface area contributed by atoms with Crippen LogP contribution in [0, 0.1) is 18.6 Å². The molecule has 20 heavy (non-hydrogen) atoms. The van der Waals surface area contributed by atoms with Crippen LogP contribution in [-0.4, -0.2) is 8.42 Å². The number of halogens is 2. The Labute approximate surface area is 116 Å². The molecule has 3 nitrogen and oxygen atoms in total. The summed E-state index contributed by atoms with van der Waals surface area (Å²) in [4.78, 5) is -0.0137. The predicted octanol–water partition coefficient (Wildman–Crippen LogP) is 2.83. The monoisotopic (exact) mass is 297 g/mol. The molecule has 2 rings (SSSR count). The summed E-state index contributed by atoms with van der Waals surface area (Å²) in [5.74, 6) is -2.50. The molecular weight excluding hydrogens is 284 g/mol. The van der Waals surface area contributed by atoms with E-state index >= 15 is 0 Å². The van der Waals surface area contributed by atoms with Crippen LogP contribution >= 0.6 is 0 Å². The zero-order valence-corrected chi connectivity index (χ0v) is 11.5. The topological polar surface area (TPSA) is 60.2 Å². The van der Waals surface area contributed by atoms with Crippen LogP contribution in [-0.2, 0) is 15.6 Å². The van der Waals surface area contributed by atoms with E-state index in [0.29, 0.717) is 11.3 Å². The van der Waals surface area contributed by atoms with Crippen LogP contribution in [0.25, 0.3) is 0 Å². The van der Waals surface area contributed by atoms with Gasteiger partial charge in [0.2, 0.25) is 0 Å². The fourth-order valence-corrected chi connectivity index (χ4v) is 3.59. The second-order valence-corrected chi connectivity index (χ2v) is 6.39. The van der Waals surface area contributed by atoms with Gasteiger partial charge in [0.15, 0.2) is 9.84 Å². The molecule has 0 bridgehead atoms. The summed E-state index contributed by atoms with van der Waals surface area (Å²) in [6, 6.07) is 7.68. The van der Waals surface area contributed by atoms with Crippen molar-refractivity contribution in [1.29, 1.82) is 0 Å². The molecular formula is C14H13F2NO2S. The number of anilines is 1. The molecule has 0 atom stereocenters. The largest absolute Gasteiger partial charge is 0.398 e. The summed E-state index contributed by atoms with van der Waals surface area (Å²) in [5, 5.41) is 0. The van der Waals surface area contributed by atoms with Gasteiger partial charge < -0.3 is 5.73 Å². The minimum Gasteiger partial charge on any atom is -0.398 e. The second-order valence-electron chi connectivity index (χ2n) is 4.43. The Morgan fingerprint density at radius 1 is 1.05 bits per heavy atom. The molecule has 2 aromatic carbocycles. The molecule has 0 unspecified atom stereocenters. The lowest BCUT2D eigenvalue weighted by Gasteiger charge is -2.10. The average Bonchev–Trinajstić information content (AvgIpc) is 2.37. The third kappa shape index (κ3) is 2.65. The van der Waals surface area contributed by atoms with E-state index in [1.807, 2.05) is 0 Å². The summed E-state index contributed by atoms with van der Waals surface area (Å²) in [5.41, 5.74) is 5.89. The fraction of sp³-hybridized carbons (Fsp3) is 0.143. The van der Waals surface area contributed by atoms with Crippen molar-refractivity contribution in [2.24, 2.45) is 0 Å². The number of benzene rings is 2. The van der Waals surface area contributed by atoms with Gasteiger partial charge in [0.25, 0.3) is 0 Å². The zero-order valence-electron chi connectivity index (χ0n) is 10.7. The molecule has 2 aromatic rings. The van der Waals surface area contributed by atoms with Crippen LogP contribution in [0.2, 0.25) is 0 Å². The SMILES string of the molecule is Cc1c(N)cccc1S(=O)(=O)Cc1c(F)cccc1F. The molecule has 0 spiro atoms. The quantitative estimate of drug-likeness (QED) is 0.886. The molecule has 0 amide bonds. The first-order valence-electron chi connectivity index (χ1n) is 5.83. The highest BCUT2D eigenvalue weighted by Gasteiger charge is 2.22. The normalized spacial score (nSPS) is 11.6. The van der Waals surface area contributed by atoms with Crippen molar-refractivity contribution in [3.05, 3.63) is 59.2 Å². The Bertz CT molecular complexity index is 738. The highest BCUT2D eigenvalue weighted by atomic mass is 32.2. The van der Waals surface area contributed by atoms with Crippen molar-refractivity contribution < 1.29 is 17.2 Å². The van der Waals surface area contributed by atoms with E-state index in [-0.39, 0.29) is 4.90 Å². The molecule has 0 fully saturated rings. The number of nitrogen functional groups attached to an aromatic ring is 1. The Morgan fingerprint density at radius 2 is 1.60 bits per heavy atom. The molecule has 0 radical (unpaired) electrons. The number of hydrogen-bond donors (Lipinski definition) is 1. The molecule has 0 aliphatic rings. The first-order chi connectivity index (χ1) is 9.33. The second kappa shape index (κ2) is 5.20. The summed E-state index contributed by atoms with van der Waals surface area (Å²) >= 11 is 0. The van der Waals surface area contributed by atoms with Crippen molar-refractivity contribution >= 4 is 15.5 Å². The van der Waals surface area contributed by atoms with Gasteiger partial charge in [-0.2, -0.15) is 0 Å². The van der Waals surface area contributed by atoms with E-state index in [0.717, 1.165) is 12.1 Å². The Morgan fingerprint density at radius 3 is 2.20 bits per heavy atom. The van der Waals surface area contributed by atoms with Crippen LogP contribution < -0.4 is 5.73 Å². The van der Waals surface area contributed by atoms with Gasteiger partial charge in [-0.25, -0.2) is 17.2 Å². The molecule has 0 aromatic heterocycles. The average molecular weight is 297 g/mol. The summed E-state index contributed by atoms with van der Waals surface area (Å²) in [6.45, 7) is 1.56. The Balaban J connectivity index is 2.50. The van der Waals surface area contributed by atoms with Gasteiger partial charge in [0.05, 0.1) is 10.6 Å². The first kappa shape index (κ1) is 14.5. The van der Waals surface area contributed by atoms with Gasteiger partial charge in [0.1, 0.15) is 11.6 Å². The third-order valence-electron chi connectivity index (χ3n) is 3.06. The van der Waals surface area contributed by atoms with E-state index in [9.17, 15) is 17.2 Å². The summed E-state index contributed by atoms with van der Waals surface area (Å²) in [6.07, 6.45) is 0. The summed E-state index contributed by atoms with van der Waals surface area (Å²) in [7, 11) is -3.87. The van der Waals surface area contributed by atoms with Crippen molar-refractivity contribution in [2.75, 3.05) is 5.73 Å². The molecule has 0 saturated carbocycles. The van der Waals surface area contributed by atoms with Crippen molar-refractivity contribution in [3.63, 3.8) is 0 Å². The van der Waals surface area contributed by atoms with Crippen molar-refractivity contribution in [1.82, 2.24) is 0 Å². The maximum absolute atomic E-state index is 13.5. The van der Waals surface area contributed by atoms with Gasteiger partial charge in [-0.15, -0.1) is 0 Å². The van der Waals surface area contributed by atoms with Gasteiger partial charge >= 0.3 is 0 Å². The van der Waals surface area contributed by atoms with E-state index in [1.54, 1.807) is 13.0 Å². The number of sulfone groups is 1. The molecule has 0 heterocycles. The number of hydrogen-bond acceptors (Lipinski definition) is 3. The minimum absolute atomic E-state index is 0.0137. The first-order valence-corrected chi connectivity index (χ1v) is 7.49. The van der Waals surface area contributed by atoms with Crippen molar-refractivity contribution in [3.8, 4) is 0 Å². The number of nitrogens with two attached hydrogens (primary N) is 1. The molecule has 0 saturated heterocycles. The number of rotatable bonds is 3. The Kier molecular flexibility index (Phi) is 3.76. The lowest BCUT2D eigenvalue weighted by molar-refractivity contribution is 0.555. The predicted molar refractivity (Wildman–Crippen MR) is 72.8 cm³/mol. The molecule has 0 aliphatic carbocycles. The van der Waals surface area contributed by atoms with Gasteiger partial charge in [-0.3, -0.25) is 0 Å². The molecule has 6 heteroatoms. The third-order valence-corrected chi connectivity index (χ3v) is 4.84. The lowest BCUT2D eigenvalue weighted by Crippen LogP contribution is -2.10. The van der Waals surface area contributed by atoms with Crippen molar-refractivity contribution in [2.45, 2.75) is 17.6 Å². The molecule has 106 valence electrons. The van der Waals surface area contributed by atoms with Gasteiger partial charge in [-0.05, 0) is 36.8 Å². The molecule has 2 N–H and O–H groups in total. The van der Waals surface area contributed by atoms with E-state index in [1.165, 1.54) is 18.2 Å². The maximum atomic E-state index is 13.5. The highest BCUT2D eigenvalue weighted by Crippen LogP contribution is 2.25. The van der Waals surface area contributed by atoms with Crippen LogP contribution in [0.5, 0.6) is 0 Å². The highest BCUT2D eigenvalue weighted by molar-refractivity contribution is 7.90. The van der Waals surface area contributed by atoms with Crippen LogP contribution in [0.3, 0.4) is 0 Å². The van der Waals surface area contributed by atoms with E-state index in [2.05, 4.69) is 0 Å². The van der Waals surface area contributed by atoms with Gasteiger partial charge in [-0.1, -0.05) is 12.1 Å². The minimum atomic E-state index is -3.87. The fourth-order valence-electron chi connectivity index (χ4n) is 1.91. The van der Waals surface area contributed by atoms with Gasteiger partial charge in [0, 0.05) is 11.3 Å². The Hall–Kier alpha value is -1.95. The van der Waals surface area contributed by atoms with Crippen LogP contribution in [0.4, 0.5) is 14.5 Å². The smallest absolute Gasteiger partial charge is 0.183 e. The lowest BCUT2D eigenvalue weighted by atomic mass is 10.2. The van der Waals surface area contributed by atoms with Crippen LogP contribution in [0.15, 0.2) is 41.3 Å². The molecule has 0 aliphatic heterocycles. The van der Waals surface area contributed by atoms with E-state index in [4.69, 9.17) is 5.73 Å². The van der Waals surface area contributed by atoms with Crippen LogP contribution in [0.1, 0.15) is 11.1 Å². The van der Waals surface area contributed by atoms with E-state index < -0.39 is 32.8 Å².